The first kappa shape index (κ1) is 20.7. The van der Waals surface area contributed by atoms with Crippen molar-refractivity contribution in [1.29, 1.82) is 0 Å². The van der Waals surface area contributed by atoms with Gasteiger partial charge in [-0.1, -0.05) is 17.7 Å². The van der Waals surface area contributed by atoms with Crippen LogP contribution in [0.15, 0.2) is 29.4 Å². The second kappa shape index (κ2) is 7.96. The highest BCUT2D eigenvalue weighted by Gasteiger charge is 2.19. The zero-order chi connectivity index (χ0) is 20.4. The normalized spacial score (nSPS) is 11.7. The van der Waals surface area contributed by atoms with E-state index in [-0.39, 0.29) is 0 Å². The maximum atomic E-state index is 11.8. The third kappa shape index (κ3) is 5.20. The van der Waals surface area contributed by atoms with Crippen molar-refractivity contribution < 1.29 is 9.59 Å². The SMILES string of the molecule is Cc1ccc(-n2c(C)cc(/C=N\NC(=O)C(=O)NC(C)(C)C)c2C)cc1Cl. The molecule has 1 aromatic heterocycles. The standard InChI is InChI=1S/C20H25ClN4O2/c1-12-7-8-16(10-17(12)21)25-13(2)9-15(14(25)3)11-22-24-19(27)18(26)23-20(4,5)6/h7-11H,1-6H3,(H,23,26)(H,24,27)/b22-11-. The highest BCUT2D eigenvalue weighted by Crippen LogP contribution is 2.24. The molecule has 0 aliphatic carbocycles. The Morgan fingerprint density at radius 2 is 1.78 bits per heavy atom. The first-order valence-electron chi connectivity index (χ1n) is 8.60. The summed E-state index contributed by atoms with van der Waals surface area (Å²) in [6.07, 6.45) is 1.52. The van der Waals surface area contributed by atoms with E-state index in [9.17, 15) is 9.59 Å². The van der Waals surface area contributed by atoms with Crippen molar-refractivity contribution in [2.45, 2.75) is 47.1 Å². The number of hydrogen-bond acceptors (Lipinski definition) is 3. The van der Waals surface area contributed by atoms with Crippen molar-refractivity contribution >= 4 is 29.6 Å². The fourth-order valence-electron chi connectivity index (χ4n) is 2.65. The van der Waals surface area contributed by atoms with Gasteiger partial charge in [0, 0.05) is 33.2 Å². The second-order valence-corrected chi connectivity index (χ2v) is 7.91. The summed E-state index contributed by atoms with van der Waals surface area (Å²) < 4.78 is 2.06. The Labute approximate surface area is 164 Å². The number of aromatic nitrogens is 1. The van der Waals surface area contributed by atoms with Gasteiger partial charge in [0.1, 0.15) is 0 Å². The number of hydrogen-bond donors (Lipinski definition) is 2. The van der Waals surface area contributed by atoms with Crippen molar-refractivity contribution in [3.05, 3.63) is 51.8 Å². The number of nitrogens with zero attached hydrogens (tertiary/aromatic N) is 2. The van der Waals surface area contributed by atoms with E-state index in [4.69, 9.17) is 11.6 Å². The molecule has 27 heavy (non-hydrogen) atoms. The minimum atomic E-state index is -0.805. The van der Waals surface area contributed by atoms with Crippen LogP contribution in [-0.2, 0) is 9.59 Å². The fraction of sp³-hybridized carbons (Fsp3) is 0.350. The minimum Gasteiger partial charge on any atom is -0.343 e. The van der Waals surface area contributed by atoms with Crippen LogP contribution in [0.5, 0.6) is 0 Å². The van der Waals surface area contributed by atoms with Gasteiger partial charge in [0.15, 0.2) is 0 Å². The highest BCUT2D eigenvalue weighted by atomic mass is 35.5. The van der Waals surface area contributed by atoms with Crippen LogP contribution in [0.25, 0.3) is 5.69 Å². The van der Waals surface area contributed by atoms with E-state index in [2.05, 4.69) is 20.4 Å². The average Bonchev–Trinajstić information content (AvgIpc) is 2.82. The molecule has 2 aromatic rings. The van der Waals surface area contributed by atoms with E-state index in [0.717, 1.165) is 28.2 Å². The van der Waals surface area contributed by atoms with Gasteiger partial charge in [-0.15, -0.1) is 0 Å². The number of rotatable bonds is 3. The van der Waals surface area contributed by atoms with Gasteiger partial charge in [-0.05, 0) is 65.3 Å². The molecule has 0 fully saturated rings. The number of benzene rings is 1. The quantitative estimate of drug-likeness (QED) is 0.480. The third-order valence-corrected chi connectivity index (χ3v) is 4.36. The van der Waals surface area contributed by atoms with Gasteiger partial charge in [-0.2, -0.15) is 5.10 Å². The number of hydrazone groups is 1. The van der Waals surface area contributed by atoms with Gasteiger partial charge in [-0.25, -0.2) is 5.43 Å². The van der Waals surface area contributed by atoms with Crippen LogP contribution in [0.2, 0.25) is 5.02 Å². The summed E-state index contributed by atoms with van der Waals surface area (Å²) >= 11 is 6.24. The predicted octanol–water partition coefficient (Wildman–Crippen LogP) is 3.42. The van der Waals surface area contributed by atoms with Crippen molar-refractivity contribution in [2.24, 2.45) is 5.10 Å². The van der Waals surface area contributed by atoms with E-state index in [0.29, 0.717) is 5.02 Å². The lowest BCUT2D eigenvalue weighted by Gasteiger charge is -2.19. The molecule has 2 N–H and O–H groups in total. The van der Waals surface area contributed by atoms with Gasteiger partial charge < -0.3 is 9.88 Å². The number of amides is 2. The Hall–Kier alpha value is -2.60. The Morgan fingerprint density at radius 3 is 2.37 bits per heavy atom. The summed E-state index contributed by atoms with van der Waals surface area (Å²) in [5.74, 6) is -1.53. The molecule has 0 aliphatic rings. The van der Waals surface area contributed by atoms with Gasteiger partial charge >= 0.3 is 11.8 Å². The minimum absolute atomic E-state index is 0.488. The molecule has 0 saturated carbocycles. The monoisotopic (exact) mass is 388 g/mol. The lowest BCUT2D eigenvalue weighted by atomic mass is 10.1. The van der Waals surface area contributed by atoms with Gasteiger partial charge in [0.2, 0.25) is 0 Å². The fourth-order valence-corrected chi connectivity index (χ4v) is 2.82. The number of aryl methyl sites for hydroxylation is 2. The molecule has 0 spiro atoms. The van der Waals surface area contributed by atoms with Crippen molar-refractivity contribution in [3.63, 3.8) is 0 Å². The molecule has 2 amide bonds. The number of halogens is 1. The largest absolute Gasteiger partial charge is 0.343 e. The highest BCUT2D eigenvalue weighted by molar-refractivity contribution is 6.35. The van der Waals surface area contributed by atoms with Gasteiger partial charge in [0.25, 0.3) is 0 Å². The Kier molecular flexibility index (Phi) is 6.11. The van der Waals surface area contributed by atoms with E-state index in [1.165, 1.54) is 6.21 Å². The molecule has 7 heteroatoms. The molecule has 1 aromatic carbocycles. The summed E-state index contributed by atoms with van der Waals surface area (Å²) in [4.78, 5) is 23.6. The summed E-state index contributed by atoms with van der Waals surface area (Å²) in [6.45, 7) is 11.3. The molecular formula is C20H25ClN4O2. The van der Waals surface area contributed by atoms with Crippen LogP contribution in [0.1, 0.15) is 43.3 Å². The smallest absolute Gasteiger partial charge is 0.329 e. The molecule has 0 radical (unpaired) electrons. The first-order valence-corrected chi connectivity index (χ1v) is 8.98. The number of nitrogens with one attached hydrogen (secondary N) is 2. The molecule has 0 saturated heterocycles. The van der Waals surface area contributed by atoms with Crippen molar-refractivity contribution in [1.82, 2.24) is 15.3 Å². The van der Waals surface area contributed by atoms with Crippen molar-refractivity contribution in [2.75, 3.05) is 0 Å². The van der Waals surface area contributed by atoms with Crippen LogP contribution < -0.4 is 10.7 Å². The predicted molar refractivity (Wildman–Crippen MR) is 109 cm³/mol. The van der Waals surface area contributed by atoms with E-state index in [1.54, 1.807) is 20.8 Å². The first-order chi connectivity index (χ1) is 12.5. The van der Waals surface area contributed by atoms with E-state index >= 15 is 0 Å². The Morgan fingerprint density at radius 1 is 1.11 bits per heavy atom. The topological polar surface area (TPSA) is 75.5 Å². The number of carbonyl (C=O) groups excluding carboxylic acids is 2. The van der Waals surface area contributed by atoms with Crippen LogP contribution in [0.4, 0.5) is 0 Å². The summed E-state index contributed by atoms with van der Waals surface area (Å²) in [5, 5.41) is 7.19. The van der Waals surface area contributed by atoms with Crippen LogP contribution in [-0.4, -0.2) is 28.1 Å². The zero-order valence-corrected chi connectivity index (χ0v) is 17.2. The molecular weight excluding hydrogens is 364 g/mol. The maximum absolute atomic E-state index is 11.8. The average molecular weight is 389 g/mol. The molecule has 0 atom stereocenters. The molecule has 144 valence electrons. The Balaban J connectivity index is 2.16. The van der Waals surface area contributed by atoms with E-state index < -0.39 is 17.4 Å². The summed E-state index contributed by atoms with van der Waals surface area (Å²) in [6, 6.07) is 7.84. The third-order valence-electron chi connectivity index (χ3n) is 3.95. The molecule has 0 aliphatic heterocycles. The molecule has 0 bridgehead atoms. The lowest BCUT2D eigenvalue weighted by molar-refractivity contribution is -0.140. The molecule has 2 rings (SSSR count). The number of carbonyl (C=O) groups is 2. The van der Waals surface area contributed by atoms with Gasteiger partial charge in [0.05, 0.1) is 6.21 Å². The molecule has 1 heterocycles. The van der Waals surface area contributed by atoms with Crippen LogP contribution in [0.3, 0.4) is 0 Å². The zero-order valence-electron chi connectivity index (χ0n) is 16.5. The summed E-state index contributed by atoms with van der Waals surface area (Å²) in [7, 11) is 0. The summed E-state index contributed by atoms with van der Waals surface area (Å²) in [5.41, 5.74) is 6.52. The maximum Gasteiger partial charge on any atom is 0.329 e. The van der Waals surface area contributed by atoms with Crippen molar-refractivity contribution in [3.8, 4) is 5.69 Å². The molecule has 6 nitrogen and oxygen atoms in total. The Bertz CT molecular complexity index is 907. The second-order valence-electron chi connectivity index (χ2n) is 7.50. The lowest BCUT2D eigenvalue weighted by Crippen LogP contribution is -2.47. The van der Waals surface area contributed by atoms with Crippen LogP contribution >= 0.6 is 11.6 Å². The molecule has 0 unspecified atom stereocenters. The van der Waals surface area contributed by atoms with Gasteiger partial charge in [-0.3, -0.25) is 9.59 Å². The van der Waals surface area contributed by atoms with Crippen LogP contribution in [0, 0.1) is 20.8 Å². The van der Waals surface area contributed by atoms with E-state index in [1.807, 2.05) is 45.0 Å².